The second-order valence-corrected chi connectivity index (χ2v) is 6.39. The van der Waals surface area contributed by atoms with E-state index in [-0.39, 0.29) is 5.91 Å². The number of carbonyl (C=O) groups excluding carboxylic acids is 1. The van der Waals surface area contributed by atoms with Gasteiger partial charge in [0, 0.05) is 30.4 Å². The topological polar surface area (TPSA) is 72.4 Å². The first-order chi connectivity index (χ1) is 13.6. The number of benzene rings is 2. The van der Waals surface area contributed by atoms with Crippen LogP contribution in [0.25, 0.3) is 0 Å². The highest BCUT2D eigenvalue weighted by molar-refractivity contribution is 6.01. The minimum Gasteiger partial charge on any atom is -0.497 e. The van der Waals surface area contributed by atoms with Crippen LogP contribution in [-0.4, -0.2) is 52.1 Å². The lowest BCUT2D eigenvalue weighted by Crippen LogP contribution is -2.36. The Morgan fingerprint density at radius 1 is 1.00 bits per heavy atom. The Morgan fingerprint density at radius 2 is 1.61 bits per heavy atom. The summed E-state index contributed by atoms with van der Waals surface area (Å²) in [6.45, 7) is 5.15. The first kappa shape index (κ1) is 19.7. The van der Waals surface area contributed by atoms with Gasteiger partial charge in [-0.15, -0.1) is 0 Å². The molecule has 0 aliphatic carbocycles. The number of amides is 1. The molecule has 0 aromatic heterocycles. The van der Waals surface area contributed by atoms with Crippen LogP contribution in [0.4, 0.5) is 5.69 Å². The van der Waals surface area contributed by atoms with E-state index >= 15 is 0 Å². The van der Waals surface area contributed by atoms with Gasteiger partial charge in [-0.25, -0.2) is 5.43 Å². The van der Waals surface area contributed by atoms with Crippen molar-refractivity contribution in [2.45, 2.75) is 6.92 Å². The Balaban J connectivity index is 1.67. The van der Waals surface area contributed by atoms with Crippen molar-refractivity contribution in [3.05, 3.63) is 53.6 Å². The molecule has 0 radical (unpaired) electrons. The van der Waals surface area contributed by atoms with Gasteiger partial charge in [0.25, 0.3) is 5.91 Å². The molecule has 0 saturated carbocycles. The summed E-state index contributed by atoms with van der Waals surface area (Å²) in [4.78, 5) is 14.7. The average molecular weight is 383 g/mol. The van der Waals surface area contributed by atoms with Gasteiger partial charge in [-0.05, 0) is 36.8 Å². The van der Waals surface area contributed by atoms with Crippen molar-refractivity contribution in [2.24, 2.45) is 5.10 Å². The minimum absolute atomic E-state index is 0.332. The summed E-state index contributed by atoms with van der Waals surface area (Å²) in [6.07, 6.45) is 0. The van der Waals surface area contributed by atoms with Gasteiger partial charge in [-0.3, -0.25) is 4.79 Å². The summed E-state index contributed by atoms with van der Waals surface area (Å²) in [5.41, 5.74) is 5.82. The van der Waals surface area contributed by atoms with Crippen LogP contribution in [0.3, 0.4) is 0 Å². The average Bonchev–Trinajstić information content (AvgIpc) is 2.77. The zero-order valence-corrected chi connectivity index (χ0v) is 16.4. The van der Waals surface area contributed by atoms with Crippen LogP contribution in [0.2, 0.25) is 0 Å². The molecule has 1 N–H and O–H groups in total. The third-order valence-electron chi connectivity index (χ3n) is 4.60. The molecule has 0 atom stereocenters. The largest absolute Gasteiger partial charge is 0.497 e. The van der Waals surface area contributed by atoms with Crippen LogP contribution in [0, 0.1) is 0 Å². The van der Waals surface area contributed by atoms with E-state index in [0.717, 1.165) is 43.3 Å². The highest BCUT2D eigenvalue weighted by Gasteiger charge is 2.12. The summed E-state index contributed by atoms with van der Waals surface area (Å²) in [7, 11) is 3.08. The van der Waals surface area contributed by atoms with Gasteiger partial charge in [-0.1, -0.05) is 12.1 Å². The summed E-state index contributed by atoms with van der Waals surface area (Å²) in [6, 6.07) is 13.1. The molecule has 1 amide bonds. The van der Waals surface area contributed by atoms with Crippen LogP contribution in [0.1, 0.15) is 22.8 Å². The molecular weight excluding hydrogens is 358 g/mol. The third kappa shape index (κ3) is 4.80. The Kier molecular flexibility index (Phi) is 6.49. The number of morpholine rings is 1. The standard InChI is InChI=1S/C21H25N3O4/c1-15(16-4-6-18(7-5-16)24-8-10-28-11-9-24)22-23-21(25)17-12-19(26-2)14-20(13-17)27-3/h4-7,12-14H,8-11H2,1-3H3,(H,23,25)/b22-15-. The van der Waals surface area contributed by atoms with E-state index in [4.69, 9.17) is 14.2 Å². The Morgan fingerprint density at radius 3 is 2.18 bits per heavy atom. The first-order valence-electron chi connectivity index (χ1n) is 9.11. The van der Waals surface area contributed by atoms with Gasteiger partial charge in [-0.2, -0.15) is 5.10 Å². The molecule has 1 fully saturated rings. The van der Waals surface area contributed by atoms with E-state index in [1.165, 1.54) is 0 Å². The fourth-order valence-corrected chi connectivity index (χ4v) is 2.94. The summed E-state index contributed by atoms with van der Waals surface area (Å²) in [5, 5.41) is 4.23. The molecule has 2 aromatic rings. The van der Waals surface area contributed by atoms with Crippen molar-refractivity contribution >= 4 is 17.3 Å². The van der Waals surface area contributed by atoms with Crippen LogP contribution >= 0.6 is 0 Å². The highest BCUT2D eigenvalue weighted by atomic mass is 16.5. The maximum Gasteiger partial charge on any atom is 0.271 e. The second kappa shape index (κ2) is 9.23. The van der Waals surface area contributed by atoms with Crippen LogP contribution in [0.5, 0.6) is 11.5 Å². The van der Waals surface area contributed by atoms with Crippen molar-refractivity contribution in [3.63, 3.8) is 0 Å². The predicted molar refractivity (Wildman–Crippen MR) is 109 cm³/mol. The fourth-order valence-electron chi connectivity index (χ4n) is 2.94. The van der Waals surface area contributed by atoms with Crippen molar-refractivity contribution < 1.29 is 19.0 Å². The van der Waals surface area contributed by atoms with Gasteiger partial charge in [0.15, 0.2) is 0 Å². The molecule has 0 spiro atoms. The lowest BCUT2D eigenvalue weighted by atomic mass is 10.1. The Labute approximate surface area is 164 Å². The van der Waals surface area contributed by atoms with Gasteiger partial charge in [0.1, 0.15) is 11.5 Å². The van der Waals surface area contributed by atoms with E-state index in [0.29, 0.717) is 17.1 Å². The van der Waals surface area contributed by atoms with Gasteiger partial charge in [0.2, 0.25) is 0 Å². The van der Waals surface area contributed by atoms with Gasteiger partial charge >= 0.3 is 0 Å². The van der Waals surface area contributed by atoms with Gasteiger partial charge in [0.05, 0.1) is 33.1 Å². The lowest BCUT2D eigenvalue weighted by Gasteiger charge is -2.28. The quantitative estimate of drug-likeness (QED) is 0.613. The van der Waals surface area contributed by atoms with Gasteiger partial charge < -0.3 is 19.1 Å². The number of nitrogens with zero attached hydrogens (tertiary/aromatic N) is 2. The fraction of sp³-hybridized carbons (Fsp3) is 0.333. The molecule has 0 bridgehead atoms. The number of hydrogen-bond donors (Lipinski definition) is 1. The maximum absolute atomic E-state index is 12.4. The lowest BCUT2D eigenvalue weighted by molar-refractivity contribution is 0.0954. The molecule has 7 heteroatoms. The minimum atomic E-state index is -0.332. The third-order valence-corrected chi connectivity index (χ3v) is 4.60. The molecule has 2 aromatic carbocycles. The first-order valence-corrected chi connectivity index (χ1v) is 9.11. The molecule has 0 unspecified atom stereocenters. The molecule has 7 nitrogen and oxygen atoms in total. The number of carbonyl (C=O) groups is 1. The highest BCUT2D eigenvalue weighted by Crippen LogP contribution is 2.22. The van der Waals surface area contributed by atoms with Crippen molar-refractivity contribution in [1.29, 1.82) is 0 Å². The molecule has 28 heavy (non-hydrogen) atoms. The molecule has 1 aliphatic heterocycles. The van der Waals surface area contributed by atoms with Crippen LogP contribution < -0.4 is 19.8 Å². The normalized spacial score (nSPS) is 14.5. The maximum atomic E-state index is 12.4. The molecule has 1 aliphatic rings. The van der Waals surface area contributed by atoms with Crippen LogP contribution in [0.15, 0.2) is 47.6 Å². The Hall–Kier alpha value is -3.06. The smallest absolute Gasteiger partial charge is 0.271 e. The molecule has 148 valence electrons. The van der Waals surface area contributed by atoms with E-state index in [1.54, 1.807) is 32.4 Å². The number of hydrazone groups is 1. The molecule has 1 heterocycles. The number of hydrogen-bond acceptors (Lipinski definition) is 6. The Bertz CT molecular complexity index is 821. The number of nitrogens with one attached hydrogen (secondary N) is 1. The summed E-state index contributed by atoms with van der Waals surface area (Å²) >= 11 is 0. The SMILES string of the molecule is COc1cc(OC)cc(C(=O)N/N=C(/C)c2ccc(N3CCOCC3)cc2)c1. The number of ether oxygens (including phenoxy) is 3. The van der Waals surface area contributed by atoms with Crippen molar-refractivity contribution in [2.75, 3.05) is 45.4 Å². The predicted octanol–water partition coefficient (Wildman–Crippen LogP) is 2.69. The number of anilines is 1. The monoisotopic (exact) mass is 383 g/mol. The zero-order valence-electron chi connectivity index (χ0n) is 16.4. The van der Waals surface area contributed by atoms with E-state index in [1.807, 2.05) is 19.1 Å². The van der Waals surface area contributed by atoms with E-state index in [2.05, 4.69) is 27.6 Å². The molecule has 1 saturated heterocycles. The zero-order chi connectivity index (χ0) is 19.9. The van der Waals surface area contributed by atoms with Crippen molar-refractivity contribution in [3.8, 4) is 11.5 Å². The second-order valence-electron chi connectivity index (χ2n) is 6.39. The van der Waals surface area contributed by atoms with Crippen LogP contribution in [-0.2, 0) is 4.74 Å². The molecule has 3 rings (SSSR count). The van der Waals surface area contributed by atoms with E-state index < -0.39 is 0 Å². The number of methoxy groups -OCH3 is 2. The molecular formula is C21H25N3O4. The summed E-state index contributed by atoms with van der Waals surface area (Å²) in [5.74, 6) is 0.759. The number of rotatable bonds is 6. The van der Waals surface area contributed by atoms with Crippen molar-refractivity contribution in [1.82, 2.24) is 5.43 Å². The summed E-state index contributed by atoms with van der Waals surface area (Å²) < 4.78 is 15.8. The van der Waals surface area contributed by atoms with E-state index in [9.17, 15) is 4.79 Å².